The molecule has 4 heterocycles. The summed E-state index contributed by atoms with van der Waals surface area (Å²) < 4.78 is 2.73. The molecule has 1 fully saturated rings. The molecule has 1 aliphatic rings. The molecular formula is C15H19ClN6OS. The van der Waals surface area contributed by atoms with Crippen LogP contribution in [0.3, 0.4) is 0 Å². The molecule has 2 N–H and O–H groups in total. The number of aromatic nitrogens is 4. The predicted molar refractivity (Wildman–Crippen MR) is 96.7 cm³/mol. The Hall–Kier alpha value is -1.74. The van der Waals surface area contributed by atoms with E-state index >= 15 is 0 Å². The van der Waals surface area contributed by atoms with Crippen LogP contribution >= 0.6 is 23.7 Å². The van der Waals surface area contributed by atoms with Crippen molar-refractivity contribution in [3.8, 4) is 0 Å². The second-order valence-electron chi connectivity index (χ2n) is 5.73. The second-order valence-corrected chi connectivity index (χ2v) is 6.65. The first-order valence-corrected chi connectivity index (χ1v) is 8.49. The summed E-state index contributed by atoms with van der Waals surface area (Å²) in [5.41, 5.74) is 0.723. The lowest BCUT2D eigenvalue weighted by Crippen LogP contribution is -2.46. The molecule has 3 aromatic rings. The van der Waals surface area contributed by atoms with E-state index in [1.165, 1.54) is 11.3 Å². The number of aromatic amines is 1. The number of fused-ring (bicyclic) bond motifs is 1. The number of nitrogens with zero attached hydrogens (tertiary/aromatic N) is 4. The number of nitrogens with one attached hydrogen (secondary N) is 2. The standard InChI is InChI=1S/C15H18N6OS.ClH/c1-20-5-4-17-14(20)11-8-16-3-6-21(11)9-12-18-10-2-7-23-13(10)15(22)19-12;/h2,4-5,7,11,16H,3,6,8-9H2,1H3,(H,18,19,22);1H. The molecule has 1 atom stereocenters. The first kappa shape index (κ1) is 17.1. The first-order chi connectivity index (χ1) is 11.2. The number of hydrogen-bond donors (Lipinski definition) is 2. The van der Waals surface area contributed by atoms with Crippen LogP contribution in [0.25, 0.3) is 10.2 Å². The molecule has 1 aliphatic heterocycles. The van der Waals surface area contributed by atoms with Crippen LogP contribution in [0, 0.1) is 0 Å². The number of hydrogen-bond acceptors (Lipinski definition) is 6. The van der Waals surface area contributed by atoms with Crippen molar-refractivity contribution in [2.24, 2.45) is 7.05 Å². The number of piperazine rings is 1. The second kappa shape index (κ2) is 7.02. The fraction of sp³-hybridized carbons (Fsp3) is 0.400. The quantitative estimate of drug-likeness (QED) is 0.730. The van der Waals surface area contributed by atoms with Crippen molar-refractivity contribution < 1.29 is 0 Å². The van der Waals surface area contributed by atoms with Crippen molar-refractivity contribution in [3.63, 3.8) is 0 Å². The average Bonchev–Trinajstić information content (AvgIpc) is 3.17. The Bertz CT molecular complexity index is 887. The highest BCUT2D eigenvalue weighted by molar-refractivity contribution is 7.17. The van der Waals surface area contributed by atoms with Gasteiger partial charge in [0.25, 0.3) is 5.56 Å². The van der Waals surface area contributed by atoms with Crippen LogP contribution in [0.2, 0.25) is 0 Å². The van der Waals surface area contributed by atoms with E-state index in [4.69, 9.17) is 0 Å². The summed E-state index contributed by atoms with van der Waals surface area (Å²) in [6.07, 6.45) is 3.78. The van der Waals surface area contributed by atoms with Gasteiger partial charge in [-0.15, -0.1) is 23.7 Å². The van der Waals surface area contributed by atoms with Gasteiger partial charge < -0.3 is 14.9 Å². The zero-order valence-electron chi connectivity index (χ0n) is 13.2. The van der Waals surface area contributed by atoms with Crippen LogP contribution in [0.1, 0.15) is 17.7 Å². The van der Waals surface area contributed by atoms with Gasteiger partial charge in [-0.1, -0.05) is 0 Å². The van der Waals surface area contributed by atoms with Gasteiger partial charge in [0.1, 0.15) is 16.3 Å². The lowest BCUT2D eigenvalue weighted by atomic mass is 10.1. The summed E-state index contributed by atoms with van der Waals surface area (Å²) in [5.74, 6) is 1.73. The summed E-state index contributed by atoms with van der Waals surface area (Å²) in [4.78, 5) is 26.4. The van der Waals surface area contributed by atoms with E-state index in [2.05, 4.69) is 25.2 Å². The summed E-state index contributed by atoms with van der Waals surface area (Å²) in [6, 6.07) is 2.07. The van der Waals surface area contributed by atoms with Gasteiger partial charge in [0.15, 0.2) is 0 Å². The number of aryl methyl sites for hydroxylation is 1. The van der Waals surface area contributed by atoms with Gasteiger partial charge in [0.05, 0.1) is 18.1 Å². The lowest BCUT2D eigenvalue weighted by molar-refractivity contribution is 0.141. The highest BCUT2D eigenvalue weighted by atomic mass is 35.5. The van der Waals surface area contributed by atoms with Gasteiger partial charge in [-0.25, -0.2) is 9.97 Å². The number of rotatable bonds is 3. The molecule has 4 rings (SSSR count). The summed E-state index contributed by atoms with van der Waals surface area (Å²) in [5, 5.41) is 5.32. The Balaban J connectivity index is 0.00000169. The highest BCUT2D eigenvalue weighted by Crippen LogP contribution is 2.22. The number of H-pyrrole nitrogens is 1. The first-order valence-electron chi connectivity index (χ1n) is 7.61. The van der Waals surface area contributed by atoms with E-state index < -0.39 is 0 Å². The predicted octanol–water partition coefficient (Wildman–Crippen LogP) is 1.29. The van der Waals surface area contributed by atoms with Crippen LogP contribution in [-0.2, 0) is 13.6 Å². The Morgan fingerprint density at radius 2 is 2.33 bits per heavy atom. The number of imidazole rings is 1. The molecule has 0 spiro atoms. The minimum Gasteiger partial charge on any atom is -0.337 e. The van der Waals surface area contributed by atoms with Crippen molar-refractivity contribution in [2.45, 2.75) is 12.6 Å². The molecule has 24 heavy (non-hydrogen) atoms. The topological polar surface area (TPSA) is 78.8 Å². The number of thiophene rings is 1. The Labute approximate surface area is 149 Å². The van der Waals surface area contributed by atoms with Crippen molar-refractivity contribution in [3.05, 3.63) is 45.8 Å². The zero-order chi connectivity index (χ0) is 15.8. The average molecular weight is 367 g/mol. The van der Waals surface area contributed by atoms with E-state index in [1.54, 1.807) is 0 Å². The molecule has 7 nitrogen and oxygen atoms in total. The van der Waals surface area contributed by atoms with Crippen LogP contribution in [0.4, 0.5) is 0 Å². The van der Waals surface area contributed by atoms with Gasteiger partial charge in [-0.05, 0) is 11.4 Å². The van der Waals surface area contributed by atoms with E-state index in [0.29, 0.717) is 17.1 Å². The Kier molecular flexibility index (Phi) is 5.00. The van der Waals surface area contributed by atoms with Gasteiger partial charge in [0.2, 0.25) is 0 Å². The normalized spacial score (nSPS) is 18.6. The third kappa shape index (κ3) is 3.10. The molecule has 0 saturated carbocycles. The molecule has 0 radical (unpaired) electrons. The molecule has 1 unspecified atom stereocenters. The number of halogens is 1. The third-order valence-electron chi connectivity index (χ3n) is 4.23. The molecule has 0 bridgehead atoms. The van der Waals surface area contributed by atoms with Crippen molar-refractivity contribution in [1.82, 2.24) is 29.7 Å². The van der Waals surface area contributed by atoms with Gasteiger partial charge >= 0.3 is 0 Å². The minimum atomic E-state index is -0.0522. The maximum absolute atomic E-state index is 12.1. The lowest BCUT2D eigenvalue weighted by Gasteiger charge is -2.35. The molecule has 0 amide bonds. The van der Waals surface area contributed by atoms with Crippen LogP contribution in [0.15, 0.2) is 28.6 Å². The smallest absolute Gasteiger partial charge is 0.268 e. The molecule has 9 heteroatoms. The molecule has 3 aromatic heterocycles. The Morgan fingerprint density at radius 1 is 1.46 bits per heavy atom. The molecule has 128 valence electrons. The highest BCUT2D eigenvalue weighted by Gasteiger charge is 2.27. The van der Waals surface area contributed by atoms with E-state index in [1.807, 2.05) is 35.5 Å². The van der Waals surface area contributed by atoms with Crippen LogP contribution < -0.4 is 10.9 Å². The van der Waals surface area contributed by atoms with Crippen molar-refractivity contribution in [1.29, 1.82) is 0 Å². The van der Waals surface area contributed by atoms with Gasteiger partial charge in [-0.2, -0.15) is 0 Å². The Morgan fingerprint density at radius 3 is 3.12 bits per heavy atom. The summed E-state index contributed by atoms with van der Waals surface area (Å²) in [7, 11) is 2.01. The molecule has 0 aliphatic carbocycles. The monoisotopic (exact) mass is 366 g/mol. The van der Waals surface area contributed by atoms with E-state index in [0.717, 1.165) is 31.0 Å². The van der Waals surface area contributed by atoms with Crippen molar-refractivity contribution >= 4 is 34.0 Å². The van der Waals surface area contributed by atoms with Crippen LogP contribution in [0.5, 0.6) is 0 Å². The maximum atomic E-state index is 12.1. The van der Waals surface area contributed by atoms with Gasteiger partial charge in [0, 0.05) is 39.1 Å². The third-order valence-corrected chi connectivity index (χ3v) is 5.13. The molecular weight excluding hydrogens is 348 g/mol. The van der Waals surface area contributed by atoms with E-state index in [9.17, 15) is 4.79 Å². The van der Waals surface area contributed by atoms with Crippen molar-refractivity contribution in [2.75, 3.05) is 19.6 Å². The zero-order valence-corrected chi connectivity index (χ0v) is 14.9. The summed E-state index contributed by atoms with van der Waals surface area (Å²) >= 11 is 1.43. The maximum Gasteiger partial charge on any atom is 0.268 e. The van der Waals surface area contributed by atoms with Crippen LogP contribution in [-0.4, -0.2) is 44.1 Å². The largest absolute Gasteiger partial charge is 0.337 e. The molecule has 0 aromatic carbocycles. The SMILES string of the molecule is Cl.Cn1ccnc1C1CNCCN1Cc1nc2ccsc2c(=O)[nH]1. The fourth-order valence-corrected chi connectivity index (χ4v) is 3.80. The fourth-order valence-electron chi connectivity index (χ4n) is 3.08. The molecule has 1 saturated heterocycles. The van der Waals surface area contributed by atoms with Gasteiger partial charge in [-0.3, -0.25) is 9.69 Å². The minimum absolute atomic E-state index is 0. The van der Waals surface area contributed by atoms with E-state index in [-0.39, 0.29) is 24.0 Å². The summed E-state index contributed by atoms with van der Waals surface area (Å²) in [6.45, 7) is 3.27.